The summed E-state index contributed by atoms with van der Waals surface area (Å²) in [6.45, 7) is 11.9. The average Bonchev–Trinajstić information content (AvgIpc) is 2.67. The predicted octanol–water partition coefficient (Wildman–Crippen LogP) is 2.50. The van der Waals surface area contributed by atoms with Crippen molar-refractivity contribution in [1.29, 1.82) is 0 Å². The number of carbonyl (C=O) groups excluding carboxylic acids is 1. The maximum Gasteiger partial charge on any atom is 0.241 e. The zero-order valence-electron chi connectivity index (χ0n) is 15.7. The molecule has 0 radical (unpaired) electrons. The van der Waals surface area contributed by atoms with Gasteiger partial charge >= 0.3 is 0 Å². The van der Waals surface area contributed by atoms with Crippen LogP contribution in [-0.4, -0.2) is 68.1 Å². The second kappa shape index (κ2) is 8.56. The van der Waals surface area contributed by atoms with Crippen molar-refractivity contribution in [2.24, 2.45) is 5.92 Å². The topological polar surface area (TPSA) is 38.8 Å². The Morgan fingerprint density at radius 1 is 1.04 bits per heavy atom. The van der Waals surface area contributed by atoms with Crippen LogP contribution in [0.15, 0.2) is 24.3 Å². The molecule has 138 valence electrons. The van der Waals surface area contributed by atoms with Crippen molar-refractivity contribution in [1.82, 2.24) is 9.80 Å². The molecule has 0 atom stereocenters. The minimum Gasteiger partial charge on any atom is -0.376 e. The van der Waals surface area contributed by atoms with Gasteiger partial charge in [-0.15, -0.1) is 0 Å². The van der Waals surface area contributed by atoms with Gasteiger partial charge in [0.05, 0.1) is 6.54 Å². The van der Waals surface area contributed by atoms with E-state index in [0.29, 0.717) is 6.54 Å². The van der Waals surface area contributed by atoms with E-state index in [4.69, 9.17) is 0 Å². The number of likely N-dealkylation sites (N-methyl/N-ethyl adjacent to an activating group) is 1. The van der Waals surface area contributed by atoms with E-state index >= 15 is 0 Å². The molecule has 0 spiro atoms. The SMILES string of the molecule is CCN1CCN(C(=O)CNc2ccc(N3CCC(C)CC3)cc2)CC1. The molecule has 0 bridgehead atoms. The average molecular weight is 345 g/mol. The van der Waals surface area contributed by atoms with E-state index in [2.05, 4.69) is 53.2 Å². The first-order valence-corrected chi connectivity index (χ1v) is 9.74. The summed E-state index contributed by atoms with van der Waals surface area (Å²) in [5.41, 5.74) is 2.31. The summed E-state index contributed by atoms with van der Waals surface area (Å²) in [6, 6.07) is 8.52. The first-order chi connectivity index (χ1) is 12.2. The van der Waals surface area contributed by atoms with Crippen LogP contribution < -0.4 is 10.2 Å². The lowest BCUT2D eigenvalue weighted by Crippen LogP contribution is -2.49. The van der Waals surface area contributed by atoms with Crippen LogP contribution in [0.5, 0.6) is 0 Å². The molecule has 1 N–H and O–H groups in total. The minimum absolute atomic E-state index is 0.199. The maximum atomic E-state index is 12.3. The lowest BCUT2D eigenvalue weighted by atomic mass is 9.99. The van der Waals surface area contributed by atoms with Gasteiger partial charge in [-0.05, 0) is 49.6 Å². The third kappa shape index (κ3) is 4.88. The fourth-order valence-electron chi connectivity index (χ4n) is 3.66. The molecule has 0 aromatic heterocycles. The molecule has 2 heterocycles. The molecule has 1 aromatic carbocycles. The van der Waals surface area contributed by atoms with Crippen molar-refractivity contribution in [3.05, 3.63) is 24.3 Å². The molecule has 2 saturated heterocycles. The number of piperidine rings is 1. The molecule has 3 rings (SSSR count). The zero-order chi connectivity index (χ0) is 17.6. The van der Waals surface area contributed by atoms with E-state index in [1.54, 1.807) is 0 Å². The molecular weight excluding hydrogens is 312 g/mol. The molecule has 0 saturated carbocycles. The highest BCUT2D eigenvalue weighted by Gasteiger charge is 2.20. The van der Waals surface area contributed by atoms with E-state index in [1.165, 1.54) is 18.5 Å². The Morgan fingerprint density at radius 2 is 1.68 bits per heavy atom. The van der Waals surface area contributed by atoms with Crippen molar-refractivity contribution in [2.75, 3.05) is 62.6 Å². The van der Waals surface area contributed by atoms with Crippen molar-refractivity contribution in [3.8, 4) is 0 Å². The van der Waals surface area contributed by atoms with Crippen LogP contribution in [0.1, 0.15) is 26.7 Å². The third-order valence-electron chi connectivity index (χ3n) is 5.63. The number of hydrogen-bond acceptors (Lipinski definition) is 4. The second-order valence-electron chi connectivity index (χ2n) is 7.39. The molecule has 0 aliphatic carbocycles. The van der Waals surface area contributed by atoms with Crippen molar-refractivity contribution < 1.29 is 4.79 Å². The van der Waals surface area contributed by atoms with E-state index < -0.39 is 0 Å². The summed E-state index contributed by atoms with van der Waals surface area (Å²) in [5, 5.41) is 3.28. The maximum absolute atomic E-state index is 12.3. The summed E-state index contributed by atoms with van der Waals surface area (Å²) in [5.74, 6) is 1.05. The van der Waals surface area contributed by atoms with Gasteiger partial charge in [-0.3, -0.25) is 4.79 Å². The number of rotatable bonds is 5. The van der Waals surface area contributed by atoms with Crippen molar-refractivity contribution in [2.45, 2.75) is 26.7 Å². The summed E-state index contributed by atoms with van der Waals surface area (Å²) in [4.78, 5) is 19.2. The molecule has 1 aromatic rings. The van der Waals surface area contributed by atoms with Crippen molar-refractivity contribution in [3.63, 3.8) is 0 Å². The highest BCUT2D eigenvalue weighted by atomic mass is 16.2. The number of piperazine rings is 1. The molecule has 2 aliphatic rings. The Kier molecular flexibility index (Phi) is 6.19. The summed E-state index contributed by atoms with van der Waals surface area (Å²) >= 11 is 0. The van der Waals surface area contributed by atoms with E-state index in [-0.39, 0.29) is 5.91 Å². The zero-order valence-corrected chi connectivity index (χ0v) is 15.7. The summed E-state index contributed by atoms with van der Waals surface area (Å²) < 4.78 is 0. The standard InChI is InChI=1S/C20H32N4O/c1-3-22-12-14-24(15-13-22)20(25)16-21-18-4-6-19(7-5-18)23-10-8-17(2)9-11-23/h4-7,17,21H,3,8-16H2,1-2H3. The molecule has 5 heteroatoms. The molecule has 2 aliphatic heterocycles. The molecule has 5 nitrogen and oxygen atoms in total. The van der Waals surface area contributed by atoms with Gasteiger partial charge in [0.2, 0.25) is 5.91 Å². The van der Waals surface area contributed by atoms with Gasteiger partial charge in [-0.1, -0.05) is 13.8 Å². The Balaban J connectivity index is 1.45. The Hall–Kier alpha value is -1.75. The number of nitrogens with one attached hydrogen (secondary N) is 1. The van der Waals surface area contributed by atoms with Gasteiger partial charge < -0.3 is 20.0 Å². The van der Waals surface area contributed by atoms with Crippen LogP contribution in [0.3, 0.4) is 0 Å². The van der Waals surface area contributed by atoms with Gasteiger partial charge in [0.1, 0.15) is 0 Å². The number of benzene rings is 1. The second-order valence-corrected chi connectivity index (χ2v) is 7.39. The van der Waals surface area contributed by atoms with Gasteiger partial charge in [-0.2, -0.15) is 0 Å². The largest absolute Gasteiger partial charge is 0.376 e. The normalized spacial score (nSPS) is 19.9. The van der Waals surface area contributed by atoms with E-state index in [1.807, 2.05) is 4.90 Å². The molecule has 1 amide bonds. The first kappa shape index (κ1) is 18.1. The van der Waals surface area contributed by atoms with Crippen LogP contribution >= 0.6 is 0 Å². The summed E-state index contributed by atoms with van der Waals surface area (Å²) in [7, 11) is 0. The molecule has 0 unspecified atom stereocenters. The predicted molar refractivity (Wildman–Crippen MR) is 104 cm³/mol. The number of hydrogen-bond donors (Lipinski definition) is 1. The fraction of sp³-hybridized carbons (Fsp3) is 0.650. The van der Waals surface area contributed by atoms with Crippen LogP contribution in [0, 0.1) is 5.92 Å². The lowest BCUT2D eigenvalue weighted by Gasteiger charge is -2.34. The van der Waals surface area contributed by atoms with Crippen LogP contribution in [0.25, 0.3) is 0 Å². The Bertz CT molecular complexity index is 543. The Morgan fingerprint density at radius 3 is 2.28 bits per heavy atom. The van der Waals surface area contributed by atoms with E-state index in [9.17, 15) is 4.79 Å². The minimum atomic E-state index is 0.199. The number of anilines is 2. The van der Waals surface area contributed by atoms with Gasteiger partial charge in [-0.25, -0.2) is 0 Å². The van der Waals surface area contributed by atoms with Crippen molar-refractivity contribution >= 4 is 17.3 Å². The third-order valence-corrected chi connectivity index (χ3v) is 5.63. The van der Waals surface area contributed by atoms with Gasteiger partial charge in [0.15, 0.2) is 0 Å². The lowest BCUT2D eigenvalue weighted by molar-refractivity contribution is -0.131. The molecular formula is C20H32N4O. The first-order valence-electron chi connectivity index (χ1n) is 9.74. The summed E-state index contributed by atoms with van der Waals surface area (Å²) in [6.07, 6.45) is 2.56. The van der Waals surface area contributed by atoms with Crippen LogP contribution in [0.2, 0.25) is 0 Å². The number of amides is 1. The fourth-order valence-corrected chi connectivity index (χ4v) is 3.66. The van der Waals surface area contributed by atoms with Crippen LogP contribution in [-0.2, 0) is 4.79 Å². The highest BCUT2D eigenvalue weighted by molar-refractivity contribution is 5.81. The highest BCUT2D eigenvalue weighted by Crippen LogP contribution is 2.24. The van der Waals surface area contributed by atoms with E-state index in [0.717, 1.165) is 57.4 Å². The number of carbonyl (C=O) groups is 1. The van der Waals surface area contributed by atoms with Gasteiger partial charge in [0, 0.05) is 50.6 Å². The smallest absolute Gasteiger partial charge is 0.241 e. The Labute approximate surface area is 152 Å². The monoisotopic (exact) mass is 344 g/mol. The van der Waals surface area contributed by atoms with Crippen LogP contribution in [0.4, 0.5) is 11.4 Å². The molecule has 2 fully saturated rings. The number of nitrogens with zero attached hydrogens (tertiary/aromatic N) is 3. The molecule has 25 heavy (non-hydrogen) atoms. The quantitative estimate of drug-likeness (QED) is 0.891. The van der Waals surface area contributed by atoms with Gasteiger partial charge in [0.25, 0.3) is 0 Å².